The van der Waals surface area contributed by atoms with Gasteiger partial charge in [-0.3, -0.25) is 0 Å². The van der Waals surface area contributed by atoms with Crippen molar-refractivity contribution in [2.24, 2.45) is 5.73 Å². The summed E-state index contributed by atoms with van der Waals surface area (Å²) in [6.07, 6.45) is -0.371. The Hall–Kier alpha value is -1.48. The number of carbonyl (C=O) groups excluding carboxylic acids is 1. The molecule has 2 rings (SSSR count). The van der Waals surface area contributed by atoms with E-state index in [2.05, 4.69) is 97.2 Å². The van der Waals surface area contributed by atoms with E-state index in [9.17, 15) is 4.79 Å². The third-order valence-electron chi connectivity index (χ3n) is 4.60. The van der Waals surface area contributed by atoms with Crippen LogP contribution in [0.2, 0.25) is 0 Å². The van der Waals surface area contributed by atoms with Crippen molar-refractivity contribution >= 4 is 61.7 Å². The van der Waals surface area contributed by atoms with Gasteiger partial charge in [-0.1, -0.05) is 31.9 Å². The molecule has 0 unspecified atom stereocenters. The molecule has 6 nitrogen and oxygen atoms in total. The second kappa shape index (κ2) is 17.0. The van der Waals surface area contributed by atoms with Crippen LogP contribution in [0.15, 0.2) is 57.5 Å². The quantitative estimate of drug-likeness (QED) is 0.336. The molecule has 2 aromatic carbocycles. The Morgan fingerprint density at radius 3 is 1.65 bits per heavy atom. The van der Waals surface area contributed by atoms with Crippen LogP contribution < -0.4 is 20.9 Å². The van der Waals surface area contributed by atoms with Crippen LogP contribution in [0.25, 0.3) is 0 Å². The lowest BCUT2D eigenvalue weighted by Gasteiger charge is -2.24. The zero-order valence-corrected chi connectivity index (χ0v) is 24.8. The molecule has 0 heterocycles. The number of nitrogens with one attached hydrogen (secondary N) is 1. The molecule has 0 saturated carbocycles. The van der Waals surface area contributed by atoms with Gasteiger partial charge in [0.15, 0.2) is 0 Å². The second-order valence-corrected chi connectivity index (χ2v) is 10.2. The summed E-state index contributed by atoms with van der Waals surface area (Å²) in [7, 11) is 0. The highest BCUT2D eigenvalue weighted by molar-refractivity contribution is 9.10. The number of hydrogen-bond donors (Lipinski definition) is 2. The molecule has 192 valence electrons. The number of rotatable bonds is 9. The van der Waals surface area contributed by atoms with Crippen LogP contribution in [-0.2, 0) is 4.74 Å². The van der Waals surface area contributed by atoms with E-state index >= 15 is 0 Å². The van der Waals surface area contributed by atoms with Crippen LogP contribution >= 0.6 is 44.3 Å². The van der Waals surface area contributed by atoms with Gasteiger partial charge in [0.1, 0.15) is 5.60 Å². The van der Waals surface area contributed by atoms with E-state index in [1.54, 1.807) is 0 Å². The summed E-state index contributed by atoms with van der Waals surface area (Å²) in [6, 6.07) is 16.4. The number of amides is 1. The molecule has 0 spiro atoms. The first kappa shape index (κ1) is 32.5. The van der Waals surface area contributed by atoms with Crippen LogP contribution in [-0.4, -0.2) is 51.0 Å². The minimum atomic E-state index is -0.458. The smallest absolute Gasteiger partial charge is 0.407 e. The van der Waals surface area contributed by atoms with Gasteiger partial charge in [-0.15, -0.1) is 12.4 Å². The maximum Gasteiger partial charge on any atom is 0.407 e. The van der Waals surface area contributed by atoms with Crippen LogP contribution in [0.5, 0.6) is 0 Å². The fourth-order valence-corrected chi connectivity index (χ4v) is 3.53. The SMILES string of the molecule is CCN(CCN)c1ccc(Br)cc1.CCN(CCNC(=O)OC(C)(C)C)c1ccc(Br)cc1.Cl. The molecule has 0 bridgehead atoms. The van der Waals surface area contributed by atoms with Crippen molar-refractivity contribution in [2.45, 2.75) is 40.2 Å². The molecular weight excluding hydrogens is 584 g/mol. The van der Waals surface area contributed by atoms with Gasteiger partial charge in [-0.25, -0.2) is 4.79 Å². The predicted octanol–water partition coefficient (Wildman–Crippen LogP) is 6.46. The summed E-state index contributed by atoms with van der Waals surface area (Å²) in [5, 5.41) is 2.77. The first-order valence-electron chi connectivity index (χ1n) is 11.3. The highest BCUT2D eigenvalue weighted by Crippen LogP contribution is 2.18. The molecule has 0 saturated heterocycles. The van der Waals surface area contributed by atoms with Crippen molar-refractivity contribution in [1.29, 1.82) is 0 Å². The van der Waals surface area contributed by atoms with Crippen molar-refractivity contribution in [3.63, 3.8) is 0 Å². The van der Waals surface area contributed by atoms with Gasteiger partial charge >= 0.3 is 6.09 Å². The summed E-state index contributed by atoms with van der Waals surface area (Å²) in [5.74, 6) is 0. The molecule has 0 aliphatic heterocycles. The highest BCUT2D eigenvalue weighted by atomic mass is 79.9. The van der Waals surface area contributed by atoms with E-state index in [4.69, 9.17) is 10.5 Å². The van der Waals surface area contributed by atoms with E-state index in [-0.39, 0.29) is 18.5 Å². The summed E-state index contributed by atoms with van der Waals surface area (Å²) < 4.78 is 7.37. The van der Waals surface area contributed by atoms with Crippen molar-refractivity contribution in [2.75, 3.05) is 49.1 Å². The summed E-state index contributed by atoms with van der Waals surface area (Å²) in [6.45, 7) is 14.6. The van der Waals surface area contributed by atoms with Crippen LogP contribution in [0.1, 0.15) is 34.6 Å². The number of nitrogens with two attached hydrogens (primary N) is 1. The van der Waals surface area contributed by atoms with Crippen LogP contribution in [0, 0.1) is 0 Å². The van der Waals surface area contributed by atoms with Crippen molar-refractivity contribution in [3.05, 3.63) is 57.5 Å². The third kappa shape index (κ3) is 13.4. The molecule has 0 aliphatic carbocycles. The van der Waals surface area contributed by atoms with Gasteiger partial charge in [-0.2, -0.15) is 0 Å². The van der Waals surface area contributed by atoms with E-state index in [1.807, 2.05) is 32.9 Å². The standard InChI is InChI=1S/C15H23BrN2O2.C10H15BrN2.ClH/c1-5-18(13-8-6-12(16)7-9-13)11-10-17-14(19)20-15(2,3)4;1-2-13(8-7-12)10-5-3-9(11)4-6-10;/h6-9H,5,10-11H2,1-4H3,(H,17,19);3-6H,2,7-8,12H2,1H3;1H. The molecule has 0 fully saturated rings. The predicted molar refractivity (Wildman–Crippen MR) is 155 cm³/mol. The Balaban J connectivity index is 0.000000676. The minimum Gasteiger partial charge on any atom is -0.444 e. The Labute approximate surface area is 228 Å². The zero-order chi connectivity index (χ0) is 24.9. The topological polar surface area (TPSA) is 70.8 Å². The number of ether oxygens (including phenoxy) is 1. The number of carbonyl (C=O) groups is 1. The molecule has 9 heteroatoms. The molecular formula is C25H39Br2ClN4O2. The number of nitrogens with zero attached hydrogens (tertiary/aromatic N) is 2. The first-order valence-corrected chi connectivity index (χ1v) is 12.9. The largest absolute Gasteiger partial charge is 0.444 e. The van der Waals surface area contributed by atoms with Crippen molar-refractivity contribution in [3.8, 4) is 0 Å². The van der Waals surface area contributed by atoms with Gasteiger partial charge in [0.2, 0.25) is 0 Å². The lowest BCUT2D eigenvalue weighted by Crippen LogP contribution is -2.38. The Kier molecular flexibility index (Phi) is 16.3. The van der Waals surface area contributed by atoms with E-state index in [1.165, 1.54) is 5.69 Å². The maximum atomic E-state index is 11.6. The lowest BCUT2D eigenvalue weighted by atomic mass is 10.2. The Morgan fingerprint density at radius 2 is 1.29 bits per heavy atom. The lowest BCUT2D eigenvalue weighted by molar-refractivity contribution is 0.0529. The molecule has 0 aliphatic rings. The molecule has 0 radical (unpaired) electrons. The van der Waals surface area contributed by atoms with E-state index < -0.39 is 5.60 Å². The number of alkyl carbamates (subject to hydrolysis) is 1. The van der Waals surface area contributed by atoms with Gasteiger partial charge in [-0.05, 0) is 83.1 Å². The molecule has 0 atom stereocenters. The summed E-state index contributed by atoms with van der Waals surface area (Å²) in [5.41, 5.74) is 7.44. The average molecular weight is 623 g/mol. The van der Waals surface area contributed by atoms with Crippen LogP contribution in [0.4, 0.5) is 16.2 Å². The fourth-order valence-electron chi connectivity index (χ4n) is 3.01. The van der Waals surface area contributed by atoms with Crippen molar-refractivity contribution in [1.82, 2.24) is 5.32 Å². The normalized spacial score (nSPS) is 10.4. The molecule has 34 heavy (non-hydrogen) atoms. The first-order chi connectivity index (χ1) is 15.6. The Bertz CT molecular complexity index is 815. The average Bonchev–Trinajstić information content (AvgIpc) is 2.76. The second-order valence-electron chi connectivity index (χ2n) is 8.33. The molecule has 3 N–H and O–H groups in total. The molecule has 1 amide bonds. The minimum absolute atomic E-state index is 0. The van der Waals surface area contributed by atoms with E-state index in [0.29, 0.717) is 13.1 Å². The van der Waals surface area contributed by atoms with Gasteiger partial charge in [0.25, 0.3) is 0 Å². The van der Waals surface area contributed by atoms with E-state index in [0.717, 1.165) is 40.8 Å². The molecule has 2 aromatic rings. The summed E-state index contributed by atoms with van der Waals surface area (Å²) in [4.78, 5) is 16.0. The number of hydrogen-bond acceptors (Lipinski definition) is 5. The highest BCUT2D eigenvalue weighted by Gasteiger charge is 2.15. The van der Waals surface area contributed by atoms with Crippen LogP contribution in [0.3, 0.4) is 0 Å². The van der Waals surface area contributed by atoms with Gasteiger partial charge in [0.05, 0.1) is 0 Å². The fraction of sp³-hybridized carbons (Fsp3) is 0.480. The Morgan fingerprint density at radius 1 is 0.882 bits per heavy atom. The maximum absolute atomic E-state index is 11.6. The monoisotopic (exact) mass is 620 g/mol. The number of halogens is 3. The van der Waals surface area contributed by atoms with Gasteiger partial charge < -0.3 is 25.6 Å². The number of likely N-dealkylation sites (N-methyl/N-ethyl adjacent to an activating group) is 2. The van der Waals surface area contributed by atoms with Crippen molar-refractivity contribution < 1.29 is 9.53 Å². The summed E-state index contributed by atoms with van der Waals surface area (Å²) >= 11 is 6.84. The van der Waals surface area contributed by atoms with Gasteiger partial charge in [0, 0.05) is 59.6 Å². The number of anilines is 2. The third-order valence-corrected chi connectivity index (χ3v) is 5.65. The number of benzene rings is 2. The zero-order valence-electron chi connectivity index (χ0n) is 20.8. The molecule has 0 aromatic heterocycles.